The van der Waals surface area contributed by atoms with E-state index in [0.29, 0.717) is 5.56 Å². The summed E-state index contributed by atoms with van der Waals surface area (Å²) in [4.78, 5) is 17.2. The van der Waals surface area contributed by atoms with Crippen LogP contribution in [0.1, 0.15) is 55.3 Å². The van der Waals surface area contributed by atoms with E-state index in [1.165, 1.54) is 30.7 Å². The van der Waals surface area contributed by atoms with Crippen LogP contribution in [0.4, 0.5) is 24.5 Å². The number of alkyl halides is 3. The minimum atomic E-state index is -4.38. The van der Waals surface area contributed by atoms with Crippen molar-refractivity contribution < 1.29 is 18.0 Å². The van der Waals surface area contributed by atoms with E-state index in [1.807, 2.05) is 30.9 Å². The number of nitrogens with one attached hydrogen (secondary N) is 1. The Kier molecular flexibility index (Phi) is 6.47. The molecule has 0 radical (unpaired) electrons. The van der Waals surface area contributed by atoms with Crippen molar-refractivity contribution >= 4 is 17.3 Å². The molecule has 1 atom stereocenters. The first-order valence-corrected chi connectivity index (χ1v) is 11.3. The first kappa shape index (κ1) is 22.6. The summed E-state index contributed by atoms with van der Waals surface area (Å²) >= 11 is 0. The van der Waals surface area contributed by atoms with Gasteiger partial charge in [0.15, 0.2) is 0 Å². The Balaban J connectivity index is 1.44. The fourth-order valence-electron chi connectivity index (χ4n) is 4.47. The normalized spacial score (nSPS) is 17.6. The molecule has 2 fully saturated rings. The SMILES string of the molecule is Cc1cc(N2CCCC2)ccc1NC(=O)CN(C1CC1)C(C)c1cccc(C(F)(F)F)c1. The van der Waals surface area contributed by atoms with Crippen LogP contribution in [0.2, 0.25) is 0 Å². The molecule has 7 heteroatoms. The number of nitrogens with zero attached hydrogens (tertiary/aromatic N) is 2. The average molecular weight is 446 g/mol. The molecule has 4 nitrogen and oxygen atoms in total. The third kappa shape index (κ3) is 5.26. The van der Waals surface area contributed by atoms with Gasteiger partial charge in [-0.15, -0.1) is 0 Å². The van der Waals surface area contributed by atoms with Crippen LogP contribution in [-0.2, 0) is 11.0 Å². The lowest BCUT2D eigenvalue weighted by atomic mass is 10.0. The standard InChI is InChI=1S/C25H30F3N3O/c1-17-14-22(30-12-3-4-13-30)10-11-23(17)29-24(32)16-31(21-8-9-21)18(2)19-6-5-7-20(15-19)25(26,27)28/h5-7,10-11,14-15,18,21H,3-4,8-9,12-13,16H2,1-2H3,(H,29,32). The van der Waals surface area contributed by atoms with Crippen molar-refractivity contribution in [2.45, 2.75) is 57.8 Å². The third-order valence-corrected chi connectivity index (χ3v) is 6.49. The highest BCUT2D eigenvalue weighted by Crippen LogP contribution is 2.36. The topological polar surface area (TPSA) is 35.6 Å². The number of rotatable bonds is 7. The van der Waals surface area contributed by atoms with E-state index < -0.39 is 11.7 Å². The summed E-state index contributed by atoms with van der Waals surface area (Å²) in [5, 5.41) is 3.00. The van der Waals surface area contributed by atoms with Crippen LogP contribution in [0, 0.1) is 6.92 Å². The monoisotopic (exact) mass is 445 g/mol. The van der Waals surface area contributed by atoms with Crippen molar-refractivity contribution in [2.75, 3.05) is 29.9 Å². The molecule has 1 aliphatic carbocycles. The van der Waals surface area contributed by atoms with Crippen molar-refractivity contribution in [1.29, 1.82) is 0 Å². The smallest absolute Gasteiger partial charge is 0.372 e. The summed E-state index contributed by atoms with van der Waals surface area (Å²) in [6.07, 6.45) is -0.0479. The summed E-state index contributed by atoms with van der Waals surface area (Å²) in [5.74, 6) is -0.146. The highest BCUT2D eigenvalue weighted by Gasteiger charge is 2.35. The Hall–Kier alpha value is -2.54. The molecule has 1 unspecified atom stereocenters. The van der Waals surface area contributed by atoms with Crippen molar-refractivity contribution in [2.24, 2.45) is 0 Å². The number of anilines is 2. The molecule has 1 saturated carbocycles. The molecule has 172 valence electrons. The maximum Gasteiger partial charge on any atom is 0.416 e. The van der Waals surface area contributed by atoms with E-state index in [1.54, 1.807) is 6.07 Å². The van der Waals surface area contributed by atoms with Gasteiger partial charge in [-0.25, -0.2) is 0 Å². The van der Waals surface area contributed by atoms with Gasteiger partial charge in [0.25, 0.3) is 0 Å². The molecular weight excluding hydrogens is 415 g/mol. The van der Waals surface area contributed by atoms with Crippen LogP contribution < -0.4 is 10.2 Å². The zero-order valence-corrected chi connectivity index (χ0v) is 18.6. The molecular formula is C25H30F3N3O. The first-order chi connectivity index (χ1) is 15.2. The Bertz CT molecular complexity index is 965. The second-order valence-electron chi connectivity index (χ2n) is 8.94. The van der Waals surface area contributed by atoms with Crippen molar-refractivity contribution in [3.63, 3.8) is 0 Å². The van der Waals surface area contributed by atoms with Gasteiger partial charge in [-0.1, -0.05) is 12.1 Å². The van der Waals surface area contributed by atoms with E-state index >= 15 is 0 Å². The Morgan fingerprint density at radius 1 is 1.16 bits per heavy atom. The number of hydrogen-bond donors (Lipinski definition) is 1. The van der Waals surface area contributed by atoms with E-state index in [2.05, 4.69) is 16.3 Å². The van der Waals surface area contributed by atoms with Gasteiger partial charge in [-0.05, 0) is 81.0 Å². The van der Waals surface area contributed by atoms with Crippen molar-refractivity contribution in [1.82, 2.24) is 4.90 Å². The van der Waals surface area contributed by atoms with Gasteiger partial charge in [0, 0.05) is 36.5 Å². The lowest BCUT2D eigenvalue weighted by Gasteiger charge is -2.29. The molecule has 1 saturated heterocycles. The molecule has 2 aromatic rings. The molecule has 0 aromatic heterocycles. The maximum atomic E-state index is 13.1. The highest BCUT2D eigenvalue weighted by atomic mass is 19.4. The molecule has 0 spiro atoms. The fraction of sp³-hybridized carbons (Fsp3) is 0.480. The number of aryl methyl sites for hydroxylation is 1. The largest absolute Gasteiger partial charge is 0.416 e. The maximum absolute atomic E-state index is 13.1. The second-order valence-corrected chi connectivity index (χ2v) is 8.94. The van der Waals surface area contributed by atoms with Gasteiger partial charge in [0.1, 0.15) is 0 Å². The Labute approximate surface area is 187 Å². The van der Waals surface area contributed by atoms with Crippen molar-refractivity contribution in [3.05, 3.63) is 59.2 Å². The predicted molar refractivity (Wildman–Crippen MR) is 121 cm³/mol. The number of carbonyl (C=O) groups excluding carboxylic acids is 1. The van der Waals surface area contributed by atoms with Gasteiger partial charge in [0.2, 0.25) is 5.91 Å². The molecule has 2 aromatic carbocycles. The Morgan fingerprint density at radius 2 is 1.88 bits per heavy atom. The van der Waals surface area contributed by atoms with Gasteiger partial charge in [-0.3, -0.25) is 9.69 Å². The third-order valence-electron chi connectivity index (χ3n) is 6.49. The van der Waals surface area contributed by atoms with Crippen LogP contribution in [-0.4, -0.2) is 36.5 Å². The van der Waals surface area contributed by atoms with E-state index in [4.69, 9.17) is 0 Å². The molecule has 1 aliphatic heterocycles. The van der Waals surface area contributed by atoms with Gasteiger partial charge in [0.05, 0.1) is 12.1 Å². The van der Waals surface area contributed by atoms with Crippen LogP contribution >= 0.6 is 0 Å². The highest BCUT2D eigenvalue weighted by molar-refractivity contribution is 5.93. The molecule has 1 amide bonds. The lowest BCUT2D eigenvalue weighted by Crippen LogP contribution is -2.37. The van der Waals surface area contributed by atoms with E-state index in [0.717, 1.165) is 43.2 Å². The molecule has 4 rings (SSSR count). The summed E-state index contributed by atoms with van der Waals surface area (Å²) in [5.41, 5.74) is 2.88. The zero-order chi connectivity index (χ0) is 22.9. The average Bonchev–Trinajstić information content (AvgIpc) is 3.45. The van der Waals surface area contributed by atoms with E-state index in [9.17, 15) is 18.0 Å². The van der Waals surface area contributed by atoms with Crippen LogP contribution in [0.3, 0.4) is 0 Å². The quantitative estimate of drug-likeness (QED) is 0.587. The number of halogens is 3. The number of hydrogen-bond acceptors (Lipinski definition) is 3. The molecule has 1 N–H and O–H groups in total. The summed E-state index contributed by atoms with van der Waals surface area (Å²) < 4.78 is 39.4. The van der Waals surface area contributed by atoms with Crippen LogP contribution in [0.15, 0.2) is 42.5 Å². The number of carbonyl (C=O) groups is 1. The molecule has 0 bridgehead atoms. The summed E-state index contributed by atoms with van der Waals surface area (Å²) in [6, 6.07) is 11.4. The second kappa shape index (κ2) is 9.14. The van der Waals surface area contributed by atoms with E-state index in [-0.39, 0.29) is 24.5 Å². The van der Waals surface area contributed by atoms with Crippen LogP contribution in [0.5, 0.6) is 0 Å². The summed E-state index contributed by atoms with van der Waals surface area (Å²) in [6.45, 7) is 6.13. The first-order valence-electron chi connectivity index (χ1n) is 11.3. The fourth-order valence-corrected chi connectivity index (χ4v) is 4.47. The lowest BCUT2D eigenvalue weighted by molar-refractivity contribution is -0.137. The van der Waals surface area contributed by atoms with Gasteiger partial charge < -0.3 is 10.2 Å². The Morgan fingerprint density at radius 3 is 2.50 bits per heavy atom. The summed E-state index contributed by atoms with van der Waals surface area (Å²) in [7, 11) is 0. The van der Waals surface area contributed by atoms with Crippen molar-refractivity contribution in [3.8, 4) is 0 Å². The number of amides is 1. The minimum absolute atomic E-state index is 0.146. The predicted octanol–water partition coefficient (Wildman–Crippen LogP) is 5.78. The minimum Gasteiger partial charge on any atom is -0.372 e. The number of benzene rings is 2. The molecule has 1 heterocycles. The van der Waals surface area contributed by atoms with Gasteiger partial charge in [-0.2, -0.15) is 13.2 Å². The molecule has 32 heavy (non-hydrogen) atoms. The van der Waals surface area contributed by atoms with Gasteiger partial charge >= 0.3 is 6.18 Å². The molecule has 2 aliphatic rings. The zero-order valence-electron chi connectivity index (χ0n) is 18.6. The van der Waals surface area contributed by atoms with Crippen LogP contribution in [0.25, 0.3) is 0 Å².